The Morgan fingerprint density at radius 1 is 1.21 bits per heavy atom. The number of amides is 1. The number of hydrogen-bond donors (Lipinski definition) is 1. The number of hydrogen-bond acceptors (Lipinski definition) is 5. The number of rotatable bonds is 6. The maximum absolute atomic E-state index is 14.7. The summed E-state index contributed by atoms with van der Waals surface area (Å²) in [6.07, 6.45) is 0.394. The van der Waals surface area contributed by atoms with Crippen LogP contribution in [0.1, 0.15) is 42.6 Å². The molecule has 0 radical (unpaired) electrons. The van der Waals surface area contributed by atoms with Crippen LogP contribution >= 0.6 is 0 Å². The van der Waals surface area contributed by atoms with Gasteiger partial charge in [-0.05, 0) is 43.0 Å². The number of benzene rings is 1. The lowest BCUT2D eigenvalue weighted by atomic mass is 9.99. The van der Waals surface area contributed by atoms with Crippen LogP contribution < -0.4 is 5.32 Å². The number of nitrogens with zero attached hydrogens (tertiary/aromatic N) is 5. The number of nitrogens with one attached hydrogen (secondary N) is 1. The molecule has 1 aliphatic rings. The highest BCUT2D eigenvalue weighted by molar-refractivity contribution is 5.98. The van der Waals surface area contributed by atoms with Crippen molar-refractivity contribution in [2.45, 2.75) is 44.9 Å². The maximum atomic E-state index is 14.7. The average Bonchev–Trinajstić information content (AvgIpc) is 3.46. The van der Waals surface area contributed by atoms with E-state index in [0.29, 0.717) is 25.2 Å². The second kappa shape index (κ2) is 9.40. The number of aromatic nitrogens is 4. The Hall–Kier alpha value is -3.50. The van der Waals surface area contributed by atoms with Crippen molar-refractivity contribution in [1.29, 1.82) is 0 Å². The van der Waals surface area contributed by atoms with Crippen LogP contribution in [0.4, 0.5) is 23.4 Å². The molecule has 3 aromatic rings. The van der Waals surface area contributed by atoms with Gasteiger partial charge in [0.2, 0.25) is 0 Å². The van der Waals surface area contributed by atoms with Gasteiger partial charge >= 0.3 is 6.18 Å². The first-order valence-electron chi connectivity index (χ1n) is 10.9. The van der Waals surface area contributed by atoms with Gasteiger partial charge in [-0.15, -0.1) is 4.80 Å². The van der Waals surface area contributed by atoms with E-state index in [1.54, 1.807) is 4.90 Å². The molecule has 1 amide bonds. The van der Waals surface area contributed by atoms with Crippen LogP contribution in [-0.2, 0) is 6.18 Å². The molecule has 11 heteroatoms. The molecule has 34 heavy (non-hydrogen) atoms. The zero-order chi connectivity index (χ0) is 24.5. The van der Waals surface area contributed by atoms with Gasteiger partial charge in [-0.2, -0.15) is 23.4 Å². The Bertz CT molecular complexity index is 1130. The van der Waals surface area contributed by atoms with Gasteiger partial charge in [0, 0.05) is 18.8 Å². The third-order valence-electron chi connectivity index (χ3n) is 5.98. The van der Waals surface area contributed by atoms with Gasteiger partial charge < -0.3 is 10.2 Å². The predicted molar refractivity (Wildman–Crippen MR) is 117 cm³/mol. The standard InChI is InChI=1S/C23H24F4N6O/c1-3-18(31-20-8-7-15(12-28-20)23(25,26)27)19-11-14(2)13-32(19)22(34)16-5-4-6-17(24)21(16)33-29-9-10-30-33/h4-10,12,14,18-19H,3,11,13H2,1-2H3,(H,28,31). The minimum atomic E-state index is -4.47. The minimum absolute atomic E-state index is 0.0267. The third kappa shape index (κ3) is 4.73. The van der Waals surface area contributed by atoms with Crippen molar-refractivity contribution in [3.63, 3.8) is 0 Å². The summed E-state index contributed by atoms with van der Waals surface area (Å²) >= 11 is 0. The summed E-state index contributed by atoms with van der Waals surface area (Å²) in [5.41, 5.74) is -0.720. The molecule has 0 saturated carbocycles. The lowest BCUT2D eigenvalue weighted by Gasteiger charge is -2.32. The SMILES string of the molecule is CCC(Nc1ccc(C(F)(F)F)cn1)C1CC(C)CN1C(=O)c1cccc(F)c1-n1nccn1. The van der Waals surface area contributed by atoms with Crippen LogP contribution in [0.2, 0.25) is 0 Å². The van der Waals surface area contributed by atoms with E-state index < -0.39 is 17.6 Å². The van der Waals surface area contributed by atoms with Crippen LogP contribution in [0, 0.1) is 11.7 Å². The molecule has 4 rings (SSSR count). The fourth-order valence-corrected chi connectivity index (χ4v) is 4.38. The number of carbonyl (C=O) groups excluding carboxylic acids is 1. The Morgan fingerprint density at radius 3 is 2.56 bits per heavy atom. The number of likely N-dealkylation sites (tertiary alicyclic amines) is 1. The summed E-state index contributed by atoms with van der Waals surface area (Å²) in [5, 5.41) is 11.1. The first kappa shape index (κ1) is 23.7. The number of anilines is 1. The Kier molecular flexibility index (Phi) is 6.54. The normalized spacial score (nSPS) is 19.3. The summed E-state index contributed by atoms with van der Waals surface area (Å²) in [4.78, 5) is 20.3. The van der Waals surface area contributed by atoms with Crippen molar-refractivity contribution in [2.24, 2.45) is 5.92 Å². The number of halogens is 4. The van der Waals surface area contributed by atoms with E-state index in [1.807, 2.05) is 13.8 Å². The zero-order valence-corrected chi connectivity index (χ0v) is 18.6. The molecule has 1 N–H and O–H groups in total. The number of alkyl halides is 3. The number of pyridine rings is 1. The Balaban J connectivity index is 1.60. The van der Waals surface area contributed by atoms with Gasteiger partial charge in [-0.25, -0.2) is 9.37 Å². The molecule has 1 saturated heterocycles. The van der Waals surface area contributed by atoms with Crippen LogP contribution in [0.25, 0.3) is 5.69 Å². The molecule has 1 fully saturated rings. The van der Waals surface area contributed by atoms with Gasteiger partial charge in [-0.3, -0.25) is 4.79 Å². The molecule has 7 nitrogen and oxygen atoms in total. The lowest BCUT2D eigenvalue weighted by Crippen LogP contribution is -2.46. The molecule has 0 aliphatic carbocycles. The highest BCUT2D eigenvalue weighted by Crippen LogP contribution is 2.32. The van der Waals surface area contributed by atoms with E-state index in [2.05, 4.69) is 20.5 Å². The van der Waals surface area contributed by atoms with E-state index in [1.165, 1.54) is 36.7 Å². The molecule has 3 unspecified atom stereocenters. The van der Waals surface area contributed by atoms with Gasteiger partial charge in [-0.1, -0.05) is 19.9 Å². The smallest absolute Gasteiger partial charge is 0.365 e. The summed E-state index contributed by atoms with van der Waals surface area (Å²) in [5.74, 6) is -0.504. The van der Waals surface area contributed by atoms with Gasteiger partial charge in [0.05, 0.1) is 29.6 Å². The maximum Gasteiger partial charge on any atom is 0.417 e. The topological polar surface area (TPSA) is 75.9 Å². The molecular formula is C23H24F4N6O. The van der Waals surface area contributed by atoms with Crippen molar-refractivity contribution >= 4 is 11.7 Å². The molecule has 3 heterocycles. The molecule has 180 valence electrons. The first-order chi connectivity index (χ1) is 16.2. The highest BCUT2D eigenvalue weighted by atomic mass is 19.4. The molecule has 0 bridgehead atoms. The average molecular weight is 476 g/mol. The summed E-state index contributed by atoms with van der Waals surface area (Å²) in [6.45, 7) is 4.41. The van der Waals surface area contributed by atoms with Gasteiger partial charge in [0.1, 0.15) is 11.5 Å². The molecule has 3 atom stereocenters. The Labute approximate surface area is 193 Å². The summed E-state index contributed by atoms with van der Waals surface area (Å²) in [7, 11) is 0. The Morgan fingerprint density at radius 2 is 1.94 bits per heavy atom. The van der Waals surface area contributed by atoms with Crippen molar-refractivity contribution in [3.8, 4) is 5.69 Å². The fourth-order valence-electron chi connectivity index (χ4n) is 4.38. The summed E-state index contributed by atoms with van der Waals surface area (Å²) in [6, 6.07) is 5.97. The molecule has 0 spiro atoms. The third-order valence-corrected chi connectivity index (χ3v) is 5.98. The van der Waals surface area contributed by atoms with Gasteiger partial charge in [0.25, 0.3) is 5.91 Å². The van der Waals surface area contributed by atoms with Gasteiger partial charge in [0.15, 0.2) is 5.82 Å². The lowest BCUT2D eigenvalue weighted by molar-refractivity contribution is -0.137. The monoisotopic (exact) mass is 476 g/mol. The largest absolute Gasteiger partial charge is 0.417 e. The summed E-state index contributed by atoms with van der Waals surface area (Å²) < 4.78 is 53.3. The molecular weight excluding hydrogens is 452 g/mol. The van der Waals surface area contributed by atoms with E-state index in [9.17, 15) is 22.4 Å². The first-order valence-corrected chi connectivity index (χ1v) is 10.9. The van der Waals surface area contributed by atoms with E-state index >= 15 is 0 Å². The van der Waals surface area contributed by atoms with Crippen LogP contribution in [0.5, 0.6) is 0 Å². The molecule has 1 aromatic carbocycles. The molecule has 2 aromatic heterocycles. The van der Waals surface area contributed by atoms with Crippen LogP contribution in [0.15, 0.2) is 48.9 Å². The van der Waals surface area contributed by atoms with Crippen molar-refractivity contribution in [2.75, 3.05) is 11.9 Å². The second-order valence-electron chi connectivity index (χ2n) is 8.41. The quantitative estimate of drug-likeness (QED) is 0.528. The predicted octanol–water partition coefficient (Wildman–Crippen LogP) is 4.56. The van der Waals surface area contributed by atoms with E-state index in [0.717, 1.165) is 17.1 Å². The fraction of sp³-hybridized carbons (Fsp3) is 0.391. The van der Waals surface area contributed by atoms with E-state index in [-0.39, 0.29) is 35.2 Å². The van der Waals surface area contributed by atoms with E-state index in [4.69, 9.17) is 0 Å². The van der Waals surface area contributed by atoms with Crippen LogP contribution in [-0.4, -0.2) is 49.4 Å². The zero-order valence-electron chi connectivity index (χ0n) is 18.6. The van der Waals surface area contributed by atoms with Crippen LogP contribution in [0.3, 0.4) is 0 Å². The van der Waals surface area contributed by atoms with Crippen molar-refractivity contribution in [1.82, 2.24) is 24.9 Å². The number of carbonyl (C=O) groups is 1. The van der Waals surface area contributed by atoms with Crippen molar-refractivity contribution < 1.29 is 22.4 Å². The van der Waals surface area contributed by atoms with Crippen molar-refractivity contribution in [3.05, 3.63) is 65.9 Å². The minimum Gasteiger partial charge on any atom is -0.365 e. The highest BCUT2D eigenvalue weighted by Gasteiger charge is 2.39. The number of para-hydroxylation sites is 1. The second-order valence-corrected chi connectivity index (χ2v) is 8.41. The molecule has 1 aliphatic heterocycles.